The fourth-order valence-electron chi connectivity index (χ4n) is 1.47. The second-order valence-electron chi connectivity index (χ2n) is 3.67. The van der Waals surface area contributed by atoms with Crippen molar-refractivity contribution in [3.8, 4) is 6.01 Å². The van der Waals surface area contributed by atoms with E-state index in [1.807, 2.05) is 6.92 Å². The fourth-order valence-corrected chi connectivity index (χ4v) is 1.47. The highest BCUT2D eigenvalue weighted by Crippen LogP contribution is 2.07. The zero-order valence-corrected chi connectivity index (χ0v) is 10.3. The first-order chi connectivity index (χ1) is 7.58. The van der Waals surface area contributed by atoms with Gasteiger partial charge < -0.3 is 10.5 Å². The molecule has 0 aliphatic heterocycles. The Morgan fingerprint density at radius 2 is 2.25 bits per heavy atom. The zero-order chi connectivity index (χ0) is 12.1. The molecule has 90 valence electrons. The summed E-state index contributed by atoms with van der Waals surface area (Å²) in [6.45, 7) is 4.09. The van der Waals surface area contributed by atoms with Crippen molar-refractivity contribution in [2.75, 3.05) is 12.8 Å². The van der Waals surface area contributed by atoms with E-state index in [-0.39, 0.29) is 6.10 Å². The van der Waals surface area contributed by atoms with Gasteiger partial charge in [-0.05, 0) is 13.3 Å². The Balaban J connectivity index is 2.92. The Hall–Kier alpha value is -1.59. The maximum atomic E-state index is 5.74. The van der Waals surface area contributed by atoms with Crippen molar-refractivity contribution in [1.82, 2.24) is 14.8 Å². The molecule has 16 heavy (non-hydrogen) atoms. The predicted octanol–water partition coefficient (Wildman–Crippen LogP) is 0.495. The second-order valence-corrected chi connectivity index (χ2v) is 3.67. The summed E-state index contributed by atoms with van der Waals surface area (Å²) in [5, 5.41) is 4.14. The van der Waals surface area contributed by atoms with Crippen molar-refractivity contribution in [1.29, 1.82) is 0 Å². The highest BCUT2D eigenvalue weighted by atomic mass is 16.5. The molecule has 0 bridgehead atoms. The predicted molar refractivity (Wildman–Crippen MR) is 61.9 cm³/mol. The summed E-state index contributed by atoms with van der Waals surface area (Å²) in [4.78, 5) is 8.04. The van der Waals surface area contributed by atoms with Crippen molar-refractivity contribution in [3.05, 3.63) is 5.49 Å². The van der Waals surface area contributed by atoms with Gasteiger partial charge in [0, 0.05) is 14.1 Å². The minimum Gasteiger partial charge on any atom is -0.459 e. The highest BCUT2D eigenvalue weighted by Gasteiger charge is 2.08. The molecular weight excluding hydrogens is 206 g/mol. The first kappa shape index (κ1) is 12.5. The van der Waals surface area contributed by atoms with Crippen LogP contribution in [-0.4, -0.2) is 27.9 Å². The largest absolute Gasteiger partial charge is 0.459 e. The van der Waals surface area contributed by atoms with E-state index >= 15 is 0 Å². The number of nitrogens with two attached hydrogens (primary N) is 1. The summed E-state index contributed by atoms with van der Waals surface area (Å²) in [6.07, 6.45) is 2.12. The van der Waals surface area contributed by atoms with Crippen LogP contribution in [0.3, 0.4) is 0 Å². The van der Waals surface area contributed by atoms with Crippen LogP contribution in [0.25, 0.3) is 0 Å². The monoisotopic (exact) mass is 225 g/mol. The Bertz CT molecular complexity index is 386. The molecule has 0 aliphatic carbocycles. The quantitative estimate of drug-likeness (QED) is 0.809. The molecule has 2 N–H and O–H groups in total. The number of rotatable bonds is 4. The number of aromatic nitrogens is 3. The first-order valence-corrected chi connectivity index (χ1v) is 5.38. The van der Waals surface area contributed by atoms with Gasteiger partial charge in [-0.1, -0.05) is 13.3 Å². The maximum absolute atomic E-state index is 5.74. The number of aryl methyl sites for hydroxylation is 1. The van der Waals surface area contributed by atoms with E-state index in [0.29, 0.717) is 17.3 Å². The van der Waals surface area contributed by atoms with Crippen LogP contribution < -0.4 is 16.0 Å². The summed E-state index contributed by atoms with van der Waals surface area (Å²) in [5.41, 5.74) is 6.29. The lowest BCUT2D eigenvalue weighted by Gasteiger charge is -2.12. The van der Waals surface area contributed by atoms with E-state index in [1.54, 1.807) is 18.8 Å². The molecule has 0 saturated carbocycles. The third-order valence-corrected chi connectivity index (χ3v) is 2.20. The van der Waals surface area contributed by atoms with E-state index in [2.05, 4.69) is 22.0 Å². The van der Waals surface area contributed by atoms with Gasteiger partial charge in [0.05, 0.1) is 6.10 Å². The van der Waals surface area contributed by atoms with Crippen molar-refractivity contribution in [2.45, 2.75) is 32.8 Å². The lowest BCUT2D eigenvalue weighted by Crippen LogP contribution is -2.27. The minimum atomic E-state index is 0.0915. The maximum Gasteiger partial charge on any atom is 0.336 e. The molecule has 0 amide bonds. The molecule has 1 atom stereocenters. The van der Waals surface area contributed by atoms with E-state index < -0.39 is 0 Å². The minimum absolute atomic E-state index is 0.0915. The van der Waals surface area contributed by atoms with Gasteiger partial charge >= 0.3 is 6.01 Å². The zero-order valence-electron chi connectivity index (χ0n) is 10.3. The third kappa shape index (κ3) is 2.95. The van der Waals surface area contributed by atoms with Crippen LogP contribution in [0.4, 0.5) is 5.82 Å². The van der Waals surface area contributed by atoms with Gasteiger partial charge in [-0.15, -0.1) is 5.10 Å². The number of hydrogen-bond acceptors (Lipinski definition) is 5. The summed E-state index contributed by atoms with van der Waals surface area (Å²) in [7, 11) is 3.41. The van der Waals surface area contributed by atoms with Crippen molar-refractivity contribution < 1.29 is 4.74 Å². The van der Waals surface area contributed by atoms with E-state index in [4.69, 9.17) is 10.5 Å². The molecule has 0 aliphatic rings. The number of nitrogens with zero attached hydrogens (tertiary/aromatic N) is 4. The van der Waals surface area contributed by atoms with Gasteiger partial charge in [0.1, 0.15) is 0 Å². The van der Waals surface area contributed by atoms with Crippen LogP contribution in [0.15, 0.2) is 4.99 Å². The molecule has 6 heteroatoms. The lowest BCUT2D eigenvalue weighted by molar-refractivity contribution is 0.187. The molecule has 6 nitrogen and oxygen atoms in total. The van der Waals surface area contributed by atoms with Crippen LogP contribution in [0.1, 0.15) is 26.7 Å². The van der Waals surface area contributed by atoms with Crippen LogP contribution in [0.5, 0.6) is 6.01 Å². The number of hydrogen-bond donors (Lipinski definition) is 1. The summed E-state index contributed by atoms with van der Waals surface area (Å²) < 4.78 is 7.12. The molecule has 0 saturated heterocycles. The first-order valence-electron chi connectivity index (χ1n) is 5.38. The van der Waals surface area contributed by atoms with E-state index in [9.17, 15) is 0 Å². The SMILES string of the molecule is CCC[C@H](C)Oc1nc(N)c(=NC)n(C)n1. The van der Waals surface area contributed by atoms with Crippen LogP contribution in [-0.2, 0) is 7.05 Å². The molecule has 0 spiro atoms. The average molecular weight is 225 g/mol. The van der Waals surface area contributed by atoms with Gasteiger partial charge in [-0.2, -0.15) is 4.98 Å². The Morgan fingerprint density at radius 1 is 1.56 bits per heavy atom. The van der Waals surface area contributed by atoms with E-state index in [1.165, 1.54) is 0 Å². The molecule has 0 unspecified atom stereocenters. The molecule has 1 aromatic rings. The van der Waals surface area contributed by atoms with Gasteiger partial charge in [-0.3, -0.25) is 4.99 Å². The highest BCUT2D eigenvalue weighted by molar-refractivity contribution is 5.23. The normalized spacial score (nSPS) is 13.9. The molecule has 0 fully saturated rings. The fraction of sp³-hybridized carbons (Fsp3) is 0.700. The van der Waals surface area contributed by atoms with Crippen LogP contribution in [0, 0.1) is 0 Å². The second kappa shape index (κ2) is 5.48. The van der Waals surface area contributed by atoms with Crippen molar-refractivity contribution >= 4 is 5.82 Å². The van der Waals surface area contributed by atoms with Gasteiger partial charge in [0.2, 0.25) is 0 Å². The van der Waals surface area contributed by atoms with Crippen molar-refractivity contribution in [2.24, 2.45) is 12.0 Å². The van der Waals surface area contributed by atoms with Crippen LogP contribution in [0.2, 0.25) is 0 Å². The Labute approximate surface area is 95.2 Å². The van der Waals surface area contributed by atoms with Gasteiger partial charge in [0.25, 0.3) is 0 Å². The molecule has 0 aromatic carbocycles. The average Bonchev–Trinajstić information content (AvgIpc) is 2.17. The van der Waals surface area contributed by atoms with Crippen LogP contribution >= 0.6 is 0 Å². The summed E-state index contributed by atoms with van der Waals surface area (Å²) in [5.74, 6) is 0.332. The van der Waals surface area contributed by atoms with Gasteiger partial charge in [0.15, 0.2) is 11.3 Å². The molecular formula is C10H19N5O. The number of anilines is 1. The molecule has 1 rings (SSSR count). The van der Waals surface area contributed by atoms with Gasteiger partial charge in [-0.25, -0.2) is 4.68 Å². The summed E-state index contributed by atoms with van der Waals surface area (Å²) >= 11 is 0. The lowest BCUT2D eigenvalue weighted by atomic mass is 10.2. The smallest absolute Gasteiger partial charge is 0.336 e. The standard InChI is InChI=1S/C10H19N5O/c1-5-6-7(2)16-10-13-8(11)9(12-3)15(4)14-10/h7H,5-6H2,1-4H3,(H2,11,13,14)/t7-/m0/s1. The van der Waals surface area contributed by atoms with E-state index in [0.717, 1.165) is 12.8 Å². The molecule has 1 heterocycles. The molecule has 0 radical (unpaired) electrons. The number of ether oxygens (including phenoxy) is 1. The van der Waals surface area contributed by atoms with Crippen molar-refractivity contribution in [3.63, 3.8) is 0 Å². The topological polar surface area (TPSA) is 78.3 Å². The molecule has 1 aromatic heterocycles. The Kier molecular flexibility index (Phi) is 4.28. The summed E-state index contributed by atoms with van der Waals surface area (Å²) in [6, 6.07) is 0.299. The Morgan fingerprint density at radius 3 is 2.75 bits per heavy atom. The number of nitrogen functional groups attached to an aromatic ring is 1. The third-order valence-electron chi connectivity index (χ3n) is 2.20.